The minimum absolute atomic E-state index is 0.162. The molecule has 0 radical (unpaired) electrons. The summed E-state index contributed by atoms with van der Waals surface area (Å²) in [6.07, 6.45) is 0.162. The zero-order valence-corrected chi connectivity index (χ0v) is 12.4. The van der Waals surface area contributed by atoms with Crippen molar-refractivity contribution in [1.82, 2.24) is 20.8 Å². The maximum Gasteiger partial charge on any atom is 0.309 e. The number of carbonyl (C=O) groups is 2. The predicted molar refractivity (Wildman–Crippen MR) is 75.5 cm³/mol. The van der Waals surface area contributed by atoms with E-state index < -0.39 is 35.9 Å². The number of nitrogens with two attached hydrogens (primary N) is 1. The highest BCUT2D eigenvalue weighted by Gasteiger charge is 2.53. The molecular weight excluding hydrogens is 312 g/mol. The fraction of sp³-hybridized carbons (Fsp3) is 0.636. The van der Waals surface area contributed by atoms with Crippen LogP contribution < -0.4 is 16.4 Å². The molecule has 2 aliphatic rings. The molecule has 1 saturated carbocycles. The Hall–Kier alpha value is -2.30. The SMILES string of the molecule is CC1C(c2nnc(N)s2)C2NC(=O)C(=O)NC2CC1[N+](=O)[O-]. The lowest BCUT2D eigenvalue weighted by Crippen LogP contribution is -2.68. The van der Waals surface area contributed by atoms with Crippen molar-refractivity contribution in [2.75, 3.05) is 5.73 Å². The van der Waals surface area contributed by atoms with Crippen LogP contribution in [0.25, 0.3) is 0 Å². The first-order chi connectivity index (χ1) is 10.4. The number of piperazine rings is 1. The Bertz CT molecular complexity index is 648. The van der Waals surface area contributed by atoms with E-state index in [1.807, 2.05) is 0 Å². The van der Waals surface area contributed by atoms with E-state index >= 15 is 0 Å². The van der Waals surface area contributed by atoms with Crippen LogP contribution in [-0.4, -0.2) is 45.1 Å². The minimum Gasteiger partial charge on any atom is -0.374 e. The Balaban J connectivity index is 2.00. The predicted octanol–water partition coefficient (Wildman–Crippen LogP) is -1.13. The molecule has 5 unspecified atom stereocenters. The second-order valence-corrected chi connectivity index (χ2v) is 6.57. The lowest BCUT2D eigenvalue weighted by atomic mass is 9.71. The molecule has 1 aromatic heterocycles. The van der Waals surface area contributed by atoms with Gasteiger partial charge in [-0.1, -0.05) is 18.3 Å². The van der Waals surface area contributed by atoms with Crippen LogP contribution in [0.4, 0.5) is 5.13 Å². The van der Waals surface area contributed by atoms with E-state index in [2.05, 4.69) is 20.8 Å². The molecule has 0 bridgehead atoms. The average Bonchev–Trinajstić information content (AvgIpc) is 2.86. The van der Waals surface area contributed by atoms with Crippen molar-refractivity contribution < 1.29 is 14.5 Å². The summed E-state index contributed by atoms with van der Waals surface area (Å²) in [7, 11) is 0. The summed E-state index contributed by atoms with van der Waals surface area (Å²) in [4.78, 5) is 34.1. The number of nitrogen functional groups attached to an aromatic ring is 1. The van der Waals surface area contributed by atoms with E-state index in [-0.39, 0.29) is 22.4 Å². The molecular formula is C11H14N6O4S. The quantitative estimate of drug-likeness (QED) is 0.353. The van der Waals surface area contributed by atoms with Crippen molar-refractivity contribution in [2.24, 2.45) is 5.92 Å². The number of hydrogen-bond acceptors (Lipinski definition) is 8. The second kappa shape index (κ2) is 5.16. The van der Waals surface area contributed by atoms with Gasteiger partial charge in [-0.2, -0.15) is 0 Å². The number of carbonyl (C=O) groups excluding carboxylic acids is 2. The zero-order valence-electron chi connectivity index (χ0n) is 11.6. The summed E-state index contributed by atoms with van der Waals surface area (Å²) >= 11 is 1.14. The van der Waals surface area contributed by atoms with Gasteiger partial charge in [0.25, 0.3) is 0 Å². The van der Waals surface area contributed by atoms with Crippen LogP contribution in [0, 0.1) is 16.0 Å². The maximum atomic E-state index is 11.6. The van der Waals surface area contributed by atoms with Crippen LogP contribution in [0.2, 0.25) is 0 Å². The second-order valence-electron chi connectivity index (χ2n) is 5.53. The normalized spacial score (nSPS) is 34.5. The summed E-state index contributed by atoms with van der Waals surface area (Å²) < 4.78 is 0. The number of amides is 2. The van der Waals surface area contributed by atoms with E-state index in [1.165, 1.54) is 0 Å². The van der Waals surface area contributed by atoms with Crippen molar-refractivity contribution in [3.8, 4) is 0 Å². The monoisotopic (exact) mass is 326 g/mol. The van der Waals surface area contributed by atoms with E-state index in [0.717, 1.165) is 11.3 Å². The Labute approximate surface area is 128 Å². The first kappa shape index (κ1) is 14.6. The fourth-order valence-corrected chi connectivity index (χ4v) is 4.14. The molecule has 2 fully saturated rings. The molecule has 11 heteroatoms. The third kappa shape index (κ3) is 2.26. The number of aromatic nitrogens is 2. The van der Waals surface area contributed by atoms with Crippen LogP contribution in [0.5, 0.6) is 0 Å². The molecule has 5 atom stereocenters. The number of nitrogens with zero attached hydrogens (tertiary/aromatic N) is 3. The number of hydrogen-bond donors (Lipinski definition) is 3. The van der Waals surface area contributed by atoms with Gasteiger partial charge in [0.15, 0.2) is 0 Å². The molecule has 1 saturated heterocycles. The minimum atomic E-state index is -0.841. The van der Waals surface area contributed by atoms with Crippen LogP contribution >= 0.6 is 11.3 Å². The van der Waals surface area contributed by atoms with E-state index in [9.17, 15) is 19.7 Å². The molecule has 1 aliphatic carbocycles. The van der Waals surface area contributed by atoms with Gasteiger partial charge < -0.3 is 16.4 Å². The Morgan fingerprint density at radius 1 is 1.32 bits per heavy atom. The highest BCUT2D eigenvalue weighted by molar-refractivity contribution is 7.15. The van der Waals surface area contributed by atoms with Gasteiger partial charge in [-0.3, -0.25) is 19.7 Å². The fourth-order valence-electron chi connectivity index (χ4n) is 3.27. The summed E-state index contributed by atoms with van der Waals surface area (Å²) in [5, 5.41) is 25.0. The summed E-state index contributed by atoms with van der Waals surface area (Å²) in [5.41, 5.74) is 5.60. The first-order valence-electron chi connectivity index (χ1n) is 6.72. The zero-order chi connectivity index (χ0) is 16.0. The third-order valence-electron chi connectivity index (χ3n) is 4.32. The topological polar surface area (TPSA) is 153 Å². The van der Waals surface area contributed by atoms with Crippen LogP contribution in [0.15, 0.2) is 0 Å². The molecule has 1 aliphatic heterocycles. The van der Waals surface area contributed by atoms with Gasteiger partial charge in [0.1, 0.15) is 5.01 Å². The molecule has 4 N–H and O–H groups in total. The van der Waals surface area contributed by atoms with Gasteiger partial charge in [0.05, 0.1) is 12.1 Å². The Morgan fingerprint density at radius 2 is 2.00 bits per heavy atom. The largest absolute Gasteiger partial charge is 0.374 e. The molecule has 10 nitrogen and oxygen atoms in total. The van der Waals surface area contributed by atoms with Gasteiger partial charge in [-0.15, -0.1) is 10.2 Å². The third-order valence-corrected chi connectivity index (χ3v) is 5.18. The molecule has 0 spiro atoms. The van der Waals surface area contributed by atoms with Crippen LogP contribution in [0.3, 0.4) is 0 Å². The van der Waals surface area contributed by atoms with Gasteiger partial charge in [0.2, 0.25) is 11.2 Å². The van der Waals surface area contributed by atoms with Gasteiger partial charge in [0, 0.05) is 23.2 Å². The molecule has 22 heavy (non-hydrogen) atoms. The highest BCUT2D eigenvalue weighted by Crippen LogP contribution is 2.41. The molecule has 2 heterocycles. The first-order valence-corrected chi connectivity index (χ1v) is 7.54. The van der Waals surface area contributed by atoms with Gasteiger partial charge in [-0.05, 0) is 0 Å². The number of nitro groups is 1. The Kier molecular flexibility index (Phi) is 3.43. The molecule has 3 rings (SSSR count). The lowest BCUT2D eigenvalue weighted by Gasteiger charge is -2.44. The summed E-state index contributed by atoms with van der Waals surface area (Å²) in [6, 6.07) is -1.80. The summed E-state index contributed by atoms with van der Waals surface area (Å²) in [6.45, 7) is 1.74. The van der Waals surface area contributed by atoms with Crippen molar-refractivity contribution >= 4 is 28.3 Å². The number of fused-ring (bicyclic) bond motifs is 1. The van der Waals surface area contributed by atoms with E-state index in [0.29, 0.717) is 5.01 Å². The summed E-state index contributed by atoms with van der Waals surface area (Å²) in [5.74, 6) is -2.31. The Morgan fingerprint density at radius 3 is 2.59 bits per heavy atom. The number of nitrogens with one attached hydrogen (secondary N) is 2. The van der Waals surface area contributed by atoms with Crippen molar-refractivity contribution in [3.63, 3.8) is 0 Å². The molecule has 118 valence electrons. The molecule has 0 aromatic carbocycles. The van der Waals surface area contributed by atoms with Gasteiger partial charge >= 0.3 is 11.8 Å². The molecule has 1 aromatic rings. The molecule has 2 amide bonds. The van der Waals surface area contributed by atoms with Crippen LogP contribution in [-0.2, 0) is 9.59 Å². The standard InChI is InChI=1S/C11H14N6O4S/c1-3-5(17(20)21)2-4-7(14-9(19)8(18)13-4)6(3)10-15-16-11(12)22-10/h3-7H,2H2,1H3,(H2,12,16)(H,13,18)(H,14,19). The van der Waals surface area contributed by atoms with Crippen LogP contribution in [0.1, 0.15) is 24.3 Å². The number of anilines is 1. The van der Waals surface area contributed by atoms with Crippen molar-refractivity contribution in [3.05, 3.63) is 15.1 Å². The van der Waals surface area contributed by atoms with E-state index in [4.69, 9.17) is 5.73 Å². The highest BCUT2D eigenvalue weighted by atomic mass is 32.1. The van der Waals surface area contributed by atoms with Gasteiger partial charge in [-0.25, -0.2) is 0 Å². The van der Waals surface area contributed by atoms with Crippen molar-refractivity contribution in [1.29, 1.82) is 0 Å². The van der Waals surface area contributed by atoms with E-state index in [1.54, 1.807) is 6.92 Å². The number of rotatable bonds is 2. The lowest BCUT2D eigenvalue weighted by molar-refractivity contribution is -0.536. The maximum absolute atomic E-state index is 11.6. The average molecular weight is 326 g/mol. The smallest absolute Gasteiger partial charge is 0.309 e. The van der Waals surface area contributed by atoms with Crippen molar-refractivity contribution in [2.45, 2.75) is 37.4 Å².